The molecule has 15 heavy (non-hydrogen) atoms. The Kier molecular flexibility index (Phi) is 3.17. The number of halogens is 3. The van der Waals surface area contributed by atoms with E-state index in [1.807, 2.05) is 0 Å². The molecule has 1 nitrogen and oxygen atoms in total. The smallest absolute Gasteiger partial charge is 0.299 e. The van der Waals surface area contributed by atoms with Crippen molar-refractivity contribution in [2.45, 2.75) is 46.2 Å². The lowest BCUT2D eigenvalue weighted by Crippen LogP contribution is -2.44. The number of hydrogen-bond donors (Lipinski definition) is 0. The zero-order chi connectivity index (χ0) is 11.9. The highest BCUT2D eigenvalue weighted by Gasteiger charge is 2.53. The zero-order valence-corrected chi connectivity index (χ0v) is 9.32. The second-order valence-corrected chi connectivity index (χ2v) is 5.35. The fourth-order valence-corrected chi connectivity index (χ4v) is 2.39. The lowest BCUT2D eigenvalue weighted by molar-refractivity contribution is -0.204. The topological polar surface area (TPSA) is 17.1 Å². The van der Waals surface area contributed by atoms with Crippen molar-refractivity contribution in [3.63, 3.8) is 0 Å². The summed E-state index contributed by atoms with van der Waals surface area (Å²) < 4.78 is 38.3. The molecule has 1 saturated carbocycles. The van der Waals surface area contributed by atoms with Crippen LogP contribution in [0.2, 0.25) is 0 Å². The third-order valence-electron chi connectivity index (χ3n) is 3.15. The summed E-state index contributed by atoms with van der Waals surface area (Å²) in [6.45, 7) is 5.32. The molecule has 0 spiro atoms. The first-order valence-corrected chi connectivity index (χ1v) is 5.23. The highest BCUT2D eigenvalue weighted by molar-refractivity contribution is 5.82. The lowest BCUT2D eigenvalue weighted by Gasteiger charge is -2.40. The van der Waals surface area contributed by atoms with Gasteiger partial charge in [-0.25, -0.2) is 0 Å². The van der Waals surface area contributed by atoms with Gasteiger partial charge in [0.15, 0.2) is 0 Å². The Morgan fingerprint density at radius 3 is 2.07 bits per heavy atom. The van der Waals surface area contributed by atoms with Gasteiger partial charge in [-0.2, -0.15) is 13.2 Å². The van der Waals surface area contributed by atoms with Crippen LogP contribution < -0.4 is 0 Å². The maximum absolute atomic E-state index is 12.8. The molecule has 1 aliphatic rings. The number of rotatable bonds is 0. The summed E-state index contributed by atoms with van der Waals surface area (Å²) in [5, 5.41) is 0. The van der Waals surface area contributed by atoms with E-state index in [1.54, 1.807) is 20.8 Å². The van der Waals surface area contributed by atoms with E-state index < -0.39 is 29.2 Å². The molecule has 0 aromatic carbocycles. The van der Waals surface area contributed by atoms with Crippen molar-refractivity contribution in [2.24, 2.45) is 17.3 Å². The lowest BCUT2D eigenvalue weighted by atomic mass is 9.65. The van der Waals surface area contributed by atoms with E-state index in [-0.39, 0.29) is 6.42 Å². The van der Waals surface area contributed by atoms with Crippen molar-refractivity contribution in [1.82, 2.24) is 0 Å². The van der Waals surface area contributed by atoms with Crippen molar-refractivity contribution in [3.05, 3.63) is 0 Å². The molecule has 1 rings (SSSR count). The minimum absolute atomic E-state index is 0.0801. The highest BCUT2D eigenvalue weighted by Crippen LogP contribution is 2.47. The summed E-state index contributed by atoms with van der Waals surface area (Å²) in [5.41, 5.74) is -0.462. The van der Waals surface area contributed by atoms with Crippen LogP contribution >= 0.6 is 0 Å². The molecule has 1 fully saturated rings. The molecule has 0 amide bonds. The molecule has 4 heteroatoms. The molecular formula is C11H17F3O. The van der Waals surface area contributed by atoms with Crippen LogP contribution in [0, 0.1) is 17.3 Å². The van der Waals surface area contributed by atoms with Crippen LogP contribution in [0.15, 0.2) is 0 Å². The van der Waals surface area contributed by atoms with Gasteiger partial charge in [0, 0.05) is 6.42 Å². The van der Waals surface area contributed by atoms with Crippen LogP contribution in [0.4, 0.5) is 13.2 Å². The number of alkyl halides is 3. The number of carbonyl (C=O) groups is 1. The summed E-state index contributed by atoms with van der Waals surface area (Å²) >= 11 is 0. The predicted octanol–water partition coefficient (Wildman–Crippen LogP) is 3.58. The van der Waals surface area contributed by atoms with E-state index in [9.17, 15) is 18.0 Å². The summed E-state index contributed by atoms with van der Waals surface area (Å²) in [6, 6.07) is 0. The fourth-order valence-electron chi connectivity index (χ4n) is 2.39. The molecule has 0 aromatic rings. The third-order valence-corrected chi connectivity index (χ3v) is 3.15. The quantitative estimate of drug-likeness (QED) is 0.612. The number of carbonyl (C=O) groups excluding carboxylic acids is 1. The molecule has 0 radical (unpaired) electrons. The van der Waals surface area contributed by atoms with Crippen LogP contribution in [0.5, 0.6) is 0 Å². The van der Waals surface area contributed by atoms with E-state index >= 15 is 0 Å². The largest absolute Gasteiger partial charge is 0.398 e. The van der Waals surface area contributed by atoms with Crippen molar-refractivity contribution < 1.29 is 18.0 Å². The molecule has 0 aliphatic heterocycles. The Labute approximate surface area is 88.0 Å². The van der Waals surface area contributed by atoms with Crippen LogP contribution in [0.3, 0.4) is 0 Å². The first kappa shape index (κ1) is 12.5. The van der Waals surface area contributed by atoms with E-state index in [0.29, 0.717) is 12.8 Å². The molecule has 0 aromatic heterocycles. The minimum Gasteiger partial charge on any atom is -0.299 e. The van der Waals surface area contributed by atoms with Crippen molar-refractivity contribution >= 4 is 5.78 Å². The number of Topliss-reactive ketones (excluding diaryl/α,β-unsaturated/α-hetero) is 1. The first-order chi connectivity index (χ1) is 6.64. The van der Waals surface area contributed by atoms with Gasteiger partial charge in [-0.05, 0) is 24.2 Å². The fraction of sp³-hybridized carbons (Fsp3) is 0.909. The Morgan fingerprint density at radius 2 is 1.73 bits per heavy atom. The minimum atomic E-state index is -4.38. The predicted molar refractivity (Wildman–Crippen MR) is 51.3 cm³/mol. The van der Waals surface area contributed by atoms with Gasteiger partial charge >= 0.3 is 6.18 Å². The number of hydrogen-bond acceptors (Lipinski definition) is 1. The number of ketones is 1. The Morgan fingerprint density at radius 1 is 1.20 bits per heavy atom. The van der Waals surface area contributed by atoms with Gasteiger partial charge in [-0.1, -0.05) is 20.8 Å². The maximum Gasteiger partial charge on any atom is 0.398 e. The monoisotopic (exact) mass is 222 g/mol. The van der Waals surface area contributed by atoms with Crippen molar-refractivity contribution in [3.8, 4) is 0 Å². The molecular weight excluding hydrogens is 205 g/mol. The van der Waals surface area contributed by atoms with Crippen LogP contribution in [-0.4, -0.2) is 12.0 Å². The normalized spacial score (nSPS) is 29.3. The van der Waals surface area contributed by atoms with E-state index in [2.05, 4.69) is 0 Å². The Hall–Kier alpha value is -0.540. The van der Waals surface area contributed by atoms with Gasteiger partial charge in [0.05, 0.1) is 0 Å². The molecule has 0 saturated heterocycles. The van der Waals surface area contributed by atoms with Crippen LogP contribution in [0.1, 0.15) is 40.0 Å². The average Bonchev–Trinajstić information content (AvgIpc) is 1.99. The van der Waals surface area contributed by atoms with Gasteiger partial charge in [0.25, 0.3) is 0 Å². The third kappa shape index (κ3) is 2.73. The maximum atomic E-state index is 12.8. The van der Waals surface area contributed by atoms with Gasteiger partial charge in [0.2, 0.25) is 0 Å². The molecule has 88 valence electrons. The molecule has 1 aliphatic carbocycles. The summed E-state index contributed by atoms with van der Waals surface area (Å²) in [7, 11) is 0. The van der Waals surface area contributed by atoms with Gasteiger partial charge in [-0.15, -0.1) is 0 Å². The first-order valence-electron chi connectivity index (χ1n) is 5.23. The Balaban J connectivity index is 2.98. The average molecular weight is 222 g/mol. The van der Waals surface area contributed by atoms with Crippen molar-refractivity contribution in [2.75, 3.05) is 0 Å². The second-order valence-electron chi connectivity index (χ2n) is 5.35. The van der Waals surface area contributed by atoms with E-state index in [0.717, 1.165) is 0 Å². The molecule has 2 atom stereocenters. The van der Waals surface area contributed by atoms with Gasteiger partial charge < -0.3 is 0 Å². The molecule has 2 unspecified atom stereocenters. The molecule has 0 bridgehead atoms. The SMILES string of the molecule is CC(C)(C)C1CCCC(=O)C1C(F)(F)F. The highest BCUT2D eigenvalue weighted by atomic mass is 19.4. The summed E-state index contributed by atoms with van der Waals surface area (Å²) in [4.78, 5) is 11.4. The molecule has 0 N–H and O–H groups in total. The van der Waals surface area contributed by atoms with Gasteiger partial charge in [-0.3, -0.25) is 4.79 Å². The van der Waals surface area contributed by atoms with Crippen LogP contribution in [0.25, 0.3) is 0 Å². The summed E-state index contributed by atoms with van der Waals surface area (Å²) in [5.74, 6) is -2.95. The van der Waals surface area contributed by atoms with Crippen LogP contribution in [-0.2, 0) is 4.79 Å². The van der Waals surface area contributed by atoms with Gasteiger partial charge in [0.1, 0.15) is 11.7 Å². The Bertz CT molecular complexity index is 250. The summed E-state index contributed by atoms with van der Waals surface area (Å²) in [6.07, 6.45) is -3.21. The molecule has 0 heterocycles. The van der Waals surface area contributed by atoms with E-state index in [1.165, 1.54) is 0 Å². The second kappa shape index (κ2) is 3.80. The van der Waals surface area contributed by atoms with Crippen molar-refractivity contribution in [1.29, 1.82) is 0 Å². The van der Waals surface area contributed by atoms with E-state index in [4.69, 9.17) is 0 Å². The zero-order valence-electron chi connectivity index (χ0n) is 9.32. The standard InChI is InChI=1S/C11H17F3O/c1-10(2,3)7-5-4-6-8(15)9(7)11(12,13)14/h7,9H,4-6H2,1-3H3.